The van der Waals surface area contributed by atoms with Gasteiger partial charge < -0.3 is 15.4 Å². The van der Waals surface area contributed by atoms with E-state index in [1.165, 1.54) is 6.39 Å². The molecule has 0 saturated carbocycles. The average Bonchev–Trinajstić information content (AvgIpc) is 2.34. The Morgan fingerprint density at radius 1 is 1.90 bits per heavy atom. The van der Waals surface area contributed by atoms with Crippen molar-refractivity contribution in [1.82, 2.24) is 4.98 Å². The Morgan fingerprint density at radius 3 is 3.00 bits per heavy atom. The molecule has 0 unspecified atom stereocenters. The normalized spacial score (nSPS) is 11.9. The van der Waals surface area contributed by atoms with E-state index in [4.69, 9.17) is 15.4 Å². The molecule has 0 aliphatic rings. The molecule has 0 spiro atoms. The van der Waals surface area contributed by atoms with Gasteiger partial charge in [0.1, 0.15) is 0 Å². The lowest BCUT2D eigenvalue weighted by Crippen LogP contribution is -2.13. The second kappa shape index (κ2) is 2.38. The highest BCUT2D eigenvalue weighted by atomic mass is 16.4. The Morgan fingerprint density at radius 2 is 2.60 bits per heavy atom. The monoisotopic (exact) mass is 141 g/mol. The van der Waals surface area contributed by atoms with Crippen LogP contribution in [-0.2, 0) is 0 Å². The summed E-state index contributed by atoms with van der Waals surface area (Å²) < 4.78 is 4.79. The Balaban J connectivity index is 3.05. The zero-order chi connectivity index (χ0) is 7.56. The molecule has 1 rings (SSSR count). The molecule has 0 radical (unpaired) electrons. The molecule has 1 aromatic heterocycles. The summed E-state index contributed by atoms with van der Waals surface area (Å²) >= 11 is 0. The quantitative estimate of drug-likeness (QED) is 0.251. The number of nitrogens with zero attached hydrogens (tertiary/aromatic N) is 2. The predicted molar refractivity (Wildman–Crippen MR) is 33.8 cm³/mol. The van der Waals surface area contributed by atoms with Crippen LogP contribution < -0.4 is 5.73 Å². The van der Waals surface area contributed by atoms with Crippen LogP contribution in [0, 0.1) is 6.92 Å². The number of aromatic nitrogens is 1. The second-order valence-corrected chi connectivity index (χ2v) is 1.75. The number of rotatable bonds is 1. The Hall–Kier alpha value is -1.52. The van der Waals surface area contributed by atoms with E-state index in [0.29, 0.717) is 11.5 Å². The van der Waals surface area contributed by atoms with Gasteiger partial charge in [-0.3, -0.25) is 0 Å². The van der Waals surface area contributed by atoms with Gasteiger partial charge in [-0.15, -0.1) is 0 Å². The molecule has 0 aliphatic carbocycles. The number of hydrogen-bond donors (Lipinski definition) is 2. The number of amidine groups is 1. The molecule has 1 heterocycles. The molecule has 0 fully saturated rings. The summed E-state index contributed by atoms with van der Waals surface area (Å²) in [6.07, 6.45) is 1.24. The van der Waals surface area contributed by atoms with E-state index in [-0.39, 0.29) is 5.84 Å². The van der Waals surface area contributed by atoms with Gasteiger partial charge in [-0.25, -0.2) is 4.98 Å². The molecular formula is C5H7N3O2. The summed E-state index contributed by atoms with van der Waals surface area (Å²) in [5.41, 5.74) is 5.81. The van der Waals surface area contributed by atoms with Crippen LogP contribution in [0.5, 0.6) is 0 Å². The Bertz CT molecular complexity index is 253. The first kappa shape index (κ1) is 6.60. The smallest absolute Gasteiger partial charge is 0.207 e. The van der Waals surface area contributed by atoms with Gasteiger partial charge in [0, 0.05) is 0 Å². The third-order valence-corrected chi connectivity index (χ3v) is 1.09. The number of nitrogens with two attached hydrogens (primary N) is 1. The van der Waals surface area contributed by atoms with E-state index < -0.39 is 0 Å². The molecule has 0 bridgehead atoms. The summed E-state index contributed by atoms with van der Waals surface area (Å²) in [5, 5.41) is 11.0. The van der Waals surface area contributed by atoms with Gasteiger partial charge in [-0.1, -0.05) is 5.16 Å². The first-order valence-electron chi connectivity index (χ1n) is 2.63. The molecule has 0 amide bonds. The summed E-state index contributed by atoms with van der Waals surface area (Å²) in [4.78, 5) is 3.75. The van der Waals surface area contributed by atoms with E-state index in [1.807, 2.05) is 0 Å². The topological polar surface area (TPSA) is 84.6 Å². The molecular weight excluding hydrogens is 134 g/mol. The van der Waals surface area contributed by atoms with Crippen molar-refractivity contribution >= 4 is 5.84 Å². The van der Waals surface area contributed by atoms with Crippen LogP contribution in [0.3, 0.4) is 0 Å². The van der Waals surface area contributed by atoms with E-state index in [1.54, 1.807) is 6.92 Å². The molecule has 54 valence electrons. The number of oxime groups is 1. The van der Waals surface area contributed by atoms with Crippen molar-refractivity contribution in [1.29, 1.82) is 0 Å². The highest BCUT2D eigenvalue weighted by Gasteiger charge is 2.06. The largest absolute Gasteiger partial charge is 0.440 e. The molecule has 3 N–H and O–H groups in total. The number of hydrogen-bond acceptors (Lipinski definition) is 4. The molecule has 5 heteroatoms. The van der Waals surface area contributed by atoms with Crippen LogP contribution >= 0.6 is 0 Å². The minimum absolute atomic E-state index is 0.0602. The van der Waals surface area contributed by atoms with Gasteiger partial charge >= 0.3 is 0 Å². The fourth-order valence-electron chi connectivity index (χ4n) is 0.593. The lowest BCUT2D eigenvalue weighted by Gasteiger charge is -1.90. The SMILES string of the molecule is Cc1ncoc1/C(N)=N/O. The molecule has 0 atom stereocenters. The van der Waals surface area contributed by atoms with Crippen LogP contribution in [0.1, 0.15) is 11.5 Å². The van der Waals surface area contributed by atoms with Crippen molar-refractivity contribution < 1.29 is 9.62 Å². The van der Waals surface area contributed by atoms with Gasteiger partial charge in [0.05, 0.1) is 5.69 Å². The molecule has 0 saturated heterocycles. The molecule has 1 aromatic rings. The van der Waals surface area contributed by atoms with Gasteiger partial charge in [-0.2, -0.15) is 0 Å². The predicted octanol–water partition coefficient (Wildman–Crippen LogP) is 0.0775. The van der Waals surface area contributed by atoms with E-state index >= 15 is 0 Å². The fraction of sp³-hybridized carbons (Fsp3) is 0.200. The van der Waals surface area contributed by atoms with Crippen molar-refractivity contribution in [2.75, 3.05) is 0 Å². The summed E-state index contributed by atoms with van der Waals surface area (Å²) in [6.45, 7) is 1.71. The zero-order valence-electron chi connectivity index (χ0n) is 5.40. The molecule has 0 aliphatic heterocycles. The molecule has 10 heavy (non-hydrogen) atoms. The first-order valence-corrected chi connectivity index (χ1v) is 2.63. The van der Waals surface area contributed by atoms with Crippen molar-refractivity contribution in [3.8, 4) is 0 Å². The molecule has 0 aromatic carbocycles. The van der Waals surface area contributed by atoms with Crippen molar-refractivity contribution in [3.63, 3.8) is 0 Å². The lowest BCUT2D eigenvalue weighted by atomic mass is 10.3. The summed E-state index contributed by atoms with van der Waals surface area (Å²) in [5.74, 6) is 0.248. The maximum absolute atomic E-state index is 8.21. The van der Waals surface area contributed by atoms with E-state index in [9.17, 15) is 0 Å². The Kier molecular flexibility index (Phi) is 1.57. The zero-order valence-corrected chi connectivity index (χ0v) is 5.40. The van der Waals surface area contributed by atoms with E-state index in [0.717, 1.165) is 0 Å². The minimum Gasteiger partial charge on any atom is -0.440 e. The minimum atomic E-state index is -0.0602. The number of oxazole rings is 1. The highest BCUT2D eigenvalue weighted by Crippen LogP contribution is 2.02. The third-order valence-electron chi connectivity index (χ3n) is 1.09. The van der Waals surface area contributed by atoms with Crippen molar-refractivity contribution in [2.24, 2.45) is 10.9 Å². The second-order valence-electron chi connectivity index (χ2n) is 1.75. The maximum Gasteiger partial charge on any atom is 0.207 e. The van der Waals surface area contributed by atoms with Gasteiger partial charge in [0.2, 0.25) is 5.84 Å². The maximum atomic E-state index is 8.21. The van der Waals surface area contributed by atoms with Crippen LogP contribution in [0.2, 0.25) is 0 Å². The fourth-order valence-corrected chi connectivity index (χ4v) is 0.593. The van der Waals surface area contributed by atoms with Gasteiger partial charge in [-0.05, 0) is 6.92 Å². The van der Waals surface area contributed by atoms with Crippen LogP contribution in [0.15, 0.2) is 16.0 Å². The summed E-state index contributed by atoms with van der Waals surface area (Å²) in [7, 11) is 0. The van der Waals surface area contributed by atoms with Crippen LogP contribution in [0.25, 0.3) is 0 Å². The third kappa shape index (κ3) is 0.928. The standard InChI is InChI=1S/C5H7N3O2/c1-3-4(5(6)8-9)10-2-7-3/h2,9H,1H3,(H2,6,8). The number of aryl methyl sites for hydroxylation is 1. The lowest BCUT2D eigenvalue weighted by molar-refractivity contribution is 0.317. The van der Waals surface area contributed by atoms with Gasteiger partial charge in [0.15, 0.2) is 12.2 Å². The van der Waals surface area contributed by atoms with Crippen LogP contribution in [0.4, 0.5) is 0 Å². The van der Waals surface area contributed by atoms with E-state index in [2.05, 4.69) is 10.1 Å². The average molecular weight is 141 g/mol. The van der Waals surface area contributed by atoms with Gasteiger partial charge in [0.25, 0.3) is 0 Å². The van der Waals surface area contributed by atoms with Crippen molar-refractivity contribution in [3.05, 3.63) is 17.8 Å². The Labute approximate surface area is 57.2 Å². The highest BCUT2D eigenvalue weighted by molar-refractivity contribution is 5.95. The molecule has 5 nitrogen and oxygen atoms in total. The summed E-state index contributed by atoms with van der Waals surface area (Å²) in [6, 6.07) is 0. The first-order chi connectivity index (χ1) is 4.75. The van der Waals surface area contributed by atoms with Crippen LogP contribution in [-0.4, -0.2) is 16.0 Å². The van der Waals surface area contributed by atoms with Crippen molar-refractivity contribution in [2.45, 2.75) is 6.92 Å².